The molecular weight excluding hydrogens is 634 g/mol. The van der Waals surface area contributed by atoms with E-state index in [9.17, 15) is 19.8 Å². The Hall–Kier alpha value is -3.15. The molecular formula is C40H49N3O7. The number of anilines is 1. The molecule has 1 saturated heterocycles. The van der Waals surface area contributed by atoms with Crippen LogP contribution in [0.4, 0.5) is 5.69 Å². The van der Waals surface area contributed by atoms with Crippen LogP contribution >= 0.6 is 0 Å². The number of ether oxygens (including phenoxy) is 3. The van der Waals surface area contributed by atoms with Crippen molar-refractivity contribution in [2.75, 3.05) is 32.6 Å². The minimum Gasteiger partial charge on any atom is -0.454 e. The summed E-state index contributed by atoms with van der Waals surface area (Å²) in [5.41, 5.74) is -0.509. The first kappa shape index (κ1) is 32.7. The lowest BCUT2D eigenvalue weighted by molar-refractivity contribution is -0.333. The average molecular weight is 684 g/mol. The fourth-order valence-corrected chi connectivity index (χ4v) is 13.4. The molecule has 2 heterocycles. The molecule has 1 aliphatic heterocycles. The fraction of sp³-hybridized carbons (Fsp3) is 0.625. The molecule has 2 unspecified atom stereocenters. The van der Waals surface area contributed by atoms with Crippen molar-refractivity contribution in [2.45, 2.75) is 87.9 Å². The van der Waals surface area contributed by atoms with Crippen LogP contribution in [-0.2, 0) is 19.0 Å². The van der Waals surface area contributed by atoms with Crippen LogP contribution < -0.4 is 5.32 Å². The number of carbonyl (C=O) groups is 2. The van der Waals surface area contributed by atoms with Gasteiger partial charge in [-0.3, -0.25) is 14.7 Å². The maximum Gasteiger partial charge on any atom is 0.340 e. The Morgan fingerprint density at radius 3 is 2.56 bits per heavy atom. The zero-order chi connectivity index (χ0) is 35.0. The predicted molar refractivity (Wildman–Crippen MR) is 185 cm³/mol. The molecule has 1 amide bonds. The monoisotopic (exact) mass is 683 g/mol. The Kier molecular flexibility index (Phi) is 7.16. The molecule has 6 saturated carbocycles. The van der Waals surface area contributed by atoms with E-state index in [0.717, 1.165) is 29.9 Å². The molecule has 7 fully saturated rings. The number of aliphatic hydroxyl groups is 2. The zero-order valence-corrected chi connectivity index (χ0v) is 29.6. The summed E-state index contributed by atoms with van der Waals surface area (Å²) < 4.78 is 19.2. The standard InChI is InChI=1S/C40H49N3O7/c1-6-43-20-37(50-36(45)24-9-7-8-10-27(24)42-32(44)12-11-23-15-21(2)41-22(3)16-23)14-13-31(49-5)39-29(37)18-26(35(39)43)38(46)19-28(48-4)33-25-17-30(39)40(38,47)34(25)33/h7-12,15-16,25-26,28-31,33-35,46-47H,6,13-14,17-20H2,1-5H3,(H,42,44)/b12-11+/t25-,26-,28+,29-,30+,31+,33?,34-,35?,37-,38+,39+,40+/m1/s1. The van der Waals surface area contributed by atoms with Gasteiger partial charge in [0.1, 0.15) is 16.8 Å². The molecule has 3 N–H and O–H groups in total. The maximum atomic E-state index is 14.4. The van der Waals surface area contributed by atoms with Crippen LogP contribution in [0.1, 0.15) is 66.3 Å². The molecule has 10 nitrogen and oxygen atoms in total. The number of piperidine rings is 1. The third kappa shape index (κ3) is 4.00. The number of nitrogens with zero attached hydrogens (tertiary/aromatic N) is 2. The SMILES string of the molecule is CCN1C[C@]2(OC(=O)c3ccccc3NC(=O)/C=C/c3cc(C)nc(C)c3)CC[C@H](OC)[C@]34C1[C@@H](C[C@H]23)[C@@]1(O)C[C@H](OC)C2[C@H]3C[C@@H]4[C@]1(O)[C@@H]23. The van der Waals surface area contributed by atoms with E-state index < -0.39 is 28.2 Å². The number of esters is 1. The smallest absolute Gasteiger partial charge is 0.340 e. The van der Waals surface area contributed by atoms with Gasteiger partial charge in [-0.05, 0) is 99.7 Å². The van der Waals surface area contributed by atoms with Gasteiger partial charge in [-0.25, -0.2) is 4.79 Å². The van der Waals surface area contributed by atoms with E-state index in [1.165, 1.54) is 6.08 Å². The number of hydrogen-bond donors (Lipinski definition) is 3. The van der Waals surface area contributed by atoms with E-state index in [0.29, 0.717) is 49.4 Å². The van der Waals surface area contributed by atoms with Gasteiger partial charge in [0, 0.05) is 73.9 Å². The normalized spacial score (nSPS) is 44.6. The number of amides is 1. The number of aryl methyl sites for hydroxylation is 2. The fourth-order valence-electron chi connectivity index (χ4n) is 13.4. The van der Waals surface area contributed by atoms with Crippen molar-refractivity contribution in [3.8, 4) is 0 Å². The Labute approximate surface area is 293 Å². The van der Waals surface area contributed by atoms with Gasteiger partial charge < -0.3 is 29.7 Å². The zero-order valence-electron chi connectivity index (χ0n) is 29.6. The third-order valence-corrected chi connectivity index (χ3v) is 14.7. The van der Waals surface area contributed by atoms with Crippen LogP contribution in [0.3, 0.4) is 0 Å². The lowest BCUT2D eigenvalue weighted by atomic mass is 9.42. The molecule has 10 heteroatoms. The van der Waals surface area contributed by atoms with Crippen LogP contribution in [0.2, 0.25) is 0 Å². The van der Waals surface area contributed by atoms with E-state index in [-0.39, 0.29) is 53.7 Å². The molecule has 13 atom stereocenters. The maximum absolute atomic E-state index is 14.4. The van der Waals surface area contributed by atoms with Crippen molar-refractivity contribution in [1.29, 1.82) is 0 Å². The van der Waals surface area contributed by atoms with Gasteiger partial charge >= 0.3 is 5.97 Å². The first-order valence-corrected chi connectivity index (χ1v) is 18.5. The van der Waals surface area contributed by atoms with Crippen molar-refractivity contribution < 1.29 is 34.0 Å². The summed E-state index contributed by atoms with van der Waals surface area (Å²) in [6.45, 7) is 7.26. The minimum atomic E-state index is -1.29. The summed E-state index contributed by atoms with van der Waals surface area (Å²) in [4.78, 5) is 34.4. The van der Waals surface area contributed by atoms with Gasteiger partial charge in [-0.15, -0.1) is 0 Å². The number of likely N-dealkylation sites (N-methyl/N-ethyl adjacent to an activating group) is 1. The highest BCUT2D eigenvalue weighted by atomic mass is 16.6. The van der Waals surface area contributed by atoms with Gasteiger partial charge in [0.25, 0.3) is 0 Å². The second kappa shape index (κ2) is 10.9. The lowest BCUT2D eigenvalue weighted by Crippen LogP contribution is -2.82. The summed E-state index contributed by atoms with van der Waals surface area (Å²) >= 11 is 0. The van der Waals surface area contributed by atoms with E-state index in [4.69, 9.17) is 14.2 Å². The molecule has 6 aliphatic carbocycles. The molecule has 266 valence electrons. The molecule has 5 bridgehead atoms. The molecule has 0 radical (unpaired) electrons. The number of methoxy groups -OCH3 is 2. The molecule has 1 aromatic heterocycles. The van der Waals surface area contributed by atoms with Crippen LogP contribution in [0.5, 0.6) is 0 Å². The Bertz CT molecular complexity index is 1780. The van der Waals surface area contributed by atoms with Crippen LogP contribution in [-0.4, -0.2) is 94.3 Å². The number of aromatic nitrogens is 1. The Balaban J connectivity index is 1.06. The van der Waals surface area contributed by atoms with E-state index in [2.05, 4.69) is 22.1 Å². The largest absolute Gasteiger partial charge is 0.454 e. The van der Waals surface area contributed by atoms with Gasteiger partial charge in [0.15, 0.2) is 0 Å². The van der Waals surface area contributed by atoms with Gasteiger partial charge in [0.2, 0.25) is 5.91 Å². The number of hydrogen-bond acceptors (Lipinski definition) is 9. The summed E-state index contributed by atoms with van der Waals surface area (Å²) in [7, 11) is 3.52. The van der Waals surface area contributed by atoms with E-state index >= 15 is 0 Å². The number of nitrogens with one attached hydrogen (secondary N) is 1. The Morgan fingerprint density at radius 2 is 1.84 bits per heavy atom. The first-order valence-electron chi connectivity index (χ1n) is 18.5. The number of fused-ring (bicyclic) bond motifs is 2. The van der Waals surface area contributed by atoms with Crippen molar-refractivity contribution in [3.63, 3.8) is 0 Å². The third-order valence-electron chi connectivity index (χ3n) is 14.7. The highest BCUT2D eigenvalue weighted by Gasteiger charge is 2.92. The Morgan fingerprint density at radius 1 is 1.08 bits per heavy atom. The second-order valence-electron chi connectivity index (χ2n) is 16.5. The number of likely N-dealkylation sites (tertiary alicyclic amines) is 1. The topological polar surface area (TPSA) is 130 Å². The van der Waals surface area contributed by atoms with Crippen LogP contribution in [0.15, 0.2) is 42.5 Å². The quantitative estimate of drug-likeness (QED) is 0.278. The van der Waals surface area contributed by atoms with Crippen molar-refractivity contribution in [3.05, 3.63) is 65.0 Å². The summed E-state index contributed by atoms with van der Waals surface area (Å²) in [5.74, 6) is -0.656. The van der Waals surface area contributed by atoms with Crippen molar-refractivity contribution >= 4 is 23.6 Å². The number of para-hydroxylation sites is 1. The highest BCUT2D eigenvalue weighted by Crippen LogP contribution is 2.84. The summed E-state index contributed by atoms with van der Waals surface area (Å²) in [5, 5.41) is 28.8. The molecule has 1 spiro atoms. The van der Waals surface area contributed by atoms with Crippen LogP contribution in [0.25, 0.3) is 6.08 Å². The first-order chi connectivity index (χ1) is 24.0. The number of pyridine rings is 1. The summed E-state index contributed by atoms with van der Waals surface area (Å²) in [6.07, 6.45) is 6.27. The second-order valence-corrected chi connectivity index (χ2v) is 16.5. The molecule has 9 rings (SSSR count). The highest BCUT2D eigenvalue weighted by molar-refractivity contribution is 6.06. The molecule has 2 aromatic rings. The molecule has 50 heavy (non-hydrogen) atoms. The molecule has 7 aliphatic rings. The number of carbonyl (C=O) groups excluding carboxylic acids is 2. The summed E-state index contributed by atoms with van der Waals surface area (Å²) in [6, 6.07) is 10.8. The molecule has 1 aromatic carbocycles. The van der Waals surface area contributed by atoms with E-state index in [1.54, 1.807) is 44.6 Å². The van der Waals surface area contributed by atoms with Crippen molar-refractivity contribution in [2.24, 2.45) is 40.9 Å². The van der Waals surface area contributed by atoms with Gasteiger partial charge in [-0.2, -0.15) is 0 Å². The van der Waals surface area contributed by atoms with Crippen molar-refractivity contribution in [1.82, 2.24) is 9.88 Å². The van der Waals surface area contributed by atoms with Gasteiger partial charge in [0.05, 0.1) is 23.5 Å². The predicted octanol–water partition coefficient (Wildman–Crippen LogP) is 4.16. The minimum absolute atomic E-state index is 0.00254. The van der Waals surface area contributed by atoms with Crippen LogP contribution in [0, 0.1) is 54.8 Å². The van der Waals surface area contributed by atoms with E-state index in [1.807, 2.05) is 26.0 Å². The lowest BCUT2D eigenvalue weighted by Gasteiger charge is -2.71. The number of rotatable bonds is 8. The number of benzene rings is 1. The average Bonchev–Trinajstić information content (AvgIpc) is 3.63. The van der Waals surface area contributed by atoms with Gasteiger partial charge in [-0.1, -0.05) is 19.1 Å².